The normalized spacial score (nSPS) is 23.2. The van der Waals surface area contributed by atoms with Gasteiger partial charge in [0.1, 0.15) is 0 Å². The maximum atomic E-state index is 4.38. The molecule has 1 atom stereocenters. The van der Waals surface area contributed by atoms with E-state index in [0.717, 1.165) is 25.0 Å². The Bertz CT molecular complexity index is 397. The van der Waals surface area contributed by atoms with Gasteiger partial charge in [0, 0.05) is 52.4 Å². The average Bonchev–Trinajstić information content (AvgIpc) is 2.68. The summed E-state index contributed by atoms with van der Waals surface area (Å²) in [5.74, 6) is 1.86. The van der Waals surface area contributed by atoms with Gasteiger partial charge in [0.25, 0.3) is 0 Å². The molecular weight excluding hydrogens is 324 g/mol. The van der Waals surface area contributed by atoms with Gasteiger partial charge in [-0.05, 0) is 58.3 Å². The van der Waals surface area contributed by atoms with E-state index in [0.29, 0.717) is 6.04 Å². The van der Waals surface area contributed by atoms with Crippen molar-refractivity contribution in [3.8, 4) is 0 Å². The molecule has 26 heavy (non-hydrogen) atoms. The molecule has 0 aromatic carbocycles. The van der Waals surface area contributed by atoms with Crippen LogP contribution in [0, 0.1) is 5.92 Å². The van der Waals surface area contributed by atoms with Crippen LogP contribution in [0.5, 0.6) is 0 Å². The number of hydrogen-bond donors (Lipinski definition) is 2. The zero-order chi connectivity index (χ0) is 18.8. The third-order valence-electron chi connectivity index (χ3n) is 6.09. The minimum atomic E-state index is 0.544. The van der Waals surface area contributed by atoms with Crippen LogP contribution in [-0.2, 0) is 0 Å². The van der Waals surface area contributed by atoms with Crippen molar-refractivity contribution in [2.24, 2.45) is 10.9 Å². The summed E-state index contributed by atoms with van der Waals surface area (Å²) in [4.78, 5) is 12.1. The fourth-order valence-corrected chi connectivity index (χ4v) is 3.91. The Morgan fingerprint density at radius 3 is 2.35 bits per heavy atom. The second-order valence-electron chi connectivity index (χ2n) is 8.08. The number of nitrogens with one attached hydrogen (secondary N) is 2. The minimum Gasteiger partial charge on any atom is -0.356 e. The first-order chi connectivity index (χ1) is 12.6. The maximum Gasteiger partial charge on any atom is 0.191 e. The summed E-state index contributed by atoms with van der Waals surface area (Å²) in [5, 5.41) is 6.98. The van der Waals surface area contributed by atoms with Crippen LogP contribution in [0.2, 0.25) is 0 Å². The van der Waals surface area contributed by atoms with Gasteiger partial charge in [-0.1, -0.05) is 13.8 Å². The summed E-state index contributed by atoms with van der Waals surface area (Å²) < 4.78 is 0. The van der Waals surface area contributed by atoms with Crippen LogP contribution < -0.4 is 10.6 Å². The SMILES string of the molecule is CCN1CCN(C(C)CNC(=NC)NCCCN2CCC(C)CC2)CC1. The largest absolute Gasteiger partial charge is 0.356 e. The lowest BCUT2D eigenvalue weighted by atomic mass is 9.99. The maximum absolute atomic E-state index is 4.38. The van der Waals surface area contributed by atoms with Gasteiger partial charge in [0.15, 0.2) is 5.96 Å². The number of hydrogen-bond acceptors (Lipinski definition) is 4. The highest BCUT2D eigenvalue weighted by Crippen LogP contribution is 2.15. The Labute approximate surface area is 161 Å². The lowest BCUT2D eigenvalue weighted by Gasteiger charge is -2.37. The van der Waals surface area contributed by atoms with E-state index in [1.54, 1.807) is 0 Å². The van der Waals surface area contributed by atoms with Gasteiger partial charge >= 0.3 is 0 Å². The second-order valence-corrected chi connectivity index (χ2v) is 8.08. The van der Waals surface area contributed by atoms with Crippen molar-refractivity contribution in [1.29, 1.82) is 0 Å². The van der Waals surface area contributed by atoms with E-state index in [4.69, 9.17) is 0 Å². The molecule has 2 aliphatic rings. The predicted octanol–water partition coefficient (Wildman–Crippen LogP) is 1.30. The summed E-state index contributed by atoms with van der Waals surface area (Å²) in [6.07, 6.45) is 3.91. The van der Waals surface area contributed by atoms with Gasteiger partial charge in [-0.2, -0.15) is 0 Å². The monoisotopic (exact) mass is 366 g/mol. The smallest absolute Gasteiger partial charge is 0.191 e. The Morgan fingerprint density at radius 2 is 1.73 bits per heavy atom. The molecule has 2 rings (SSSR count). The third-order valence-corrected chi connectivity index (χ3v) is 6.09. The van der Waals surface area contributed by atoms with Crippen molar-refractivity contribution < 1.29 is 0 Å². The van der Waals surface area contributed by atoms with Crippen LogP contribution in [0.4, 0.5) is 0 Å². The van der Waals surface area contributed by atoms with E-state index in [-0.39, 0.29) is 0 Å². The van der Waals surface area contributed by atoms with E-state index < -0.39 is 0 Å². The molecule has 1 unspecified atom stereocenters. The fraction of sp³-hybridized carbons (Fsp3) is 0.950. The number of piperidine rings is 1. The Kier molecular flexibility index (Phi) is 9.72. The van der Waals surface area contributed by atoms with Crippen molar-refractivity contribution in [1.82, 2.24) is 25.3 Å². The van der Waals surface area contributed by atoms with Gasteiger partial charge in [0.05, 0.1) is 0 Å². The third kappa shape index (κ3) is 7.41. The number of rotatable bonds is 8. The second kappa shape index (κ2) is 11.8. The zero-order valence-electron chi connectivity index (χ0n) is 17.6. The molecule has 152 valence electrons. The molecule has 0 amide bonds. The molecule has 0 aliphatic carbocycles. The van der Waals surface area contributed by atoms with Crippen molar-refractivity contribution in [2.45, 2.75) is 46.1 Å². The fourth-order valence-electron chi connectivity index (χ4n) is 3.91. The number of guanidine groups is 1. The Balaban J connectivity index is 1.56. The van der Waals surface area contributed by atoms with Crippen LogP contribution in [-0.4, -0.2) is 99.2 Å². The van der Waals surface area contributed by atoms with Crippen molar-refractivity contribution in [2.75, 3.05) is 72.5 Å². The van der Waals surface area contributed by atoms with Crippen LogP contribution >= 0.6 is 0 Å². The summed E-state index contributed by atoms with van der Waals surface area (Å²) in [6.45, 7) is 18.6. The van der Waals surface area contributed by atoms with Crippen LogP contribution in [0.3, 0.4) is 0 Å². The molecule has 2 N–H and O–H groups in total. The van der Waals surface area contributed by atoms with E-state index in [1.165, 1.54) is 71.6 Å². The van der Waals surface area contributed by atoms with Crippen molar-refractivity contribution in [3.63, 3.8) is 0 Å². The Morgan fingerprint density at radius 1 is 1.04 bits per heavy atom. The van der Waals surface area contributed by atoms with Gasteiger partial charge in [-0.15, -0.1) is 0 Å². The van der Waals surface area contributed by atoms with E-state index >= 15 is 0 Å². The average molecular weight is 367 g/mol. The predicted molar refractivity (Wildman–Crippen MR) is 112 cm³/mol. The molecule has 0 saturated carbocycles. The summed E-state index contributed by atoms with van der Waals surface area (Å²) >= 11 is 0. The molecule has 2 aliphatic heterocycles. The highest BCUT2D eigenvalue weighted by Gasteiger charge is 2.20. The molecule has 6 heteroatoms. The minimum absolute atomic E-state index is 0.544. The quantitative estimate of drug-likeness (QED) is 0.385. The van der Waals surface area contributed by atoms with Gasteiger partial charge in [-0.3, -0.25) is 9.89 Å². The van der Waals surface area contributed by atoms with E-state index in [9.17, 15) is 0 Å². The molecule has 6 nitrogen and oxygen atoms in total. The molecular formula is C20H42N6. The van der Waals surface area contributed by atoms with Crippen molar-refractivity contribution in [3.05, 3.63) is 0 Å². The molecule has 2 heterocycles. The van der Waals surface area contributed by atoms with Crippen molar-refractivity contribution >= 4 is 5.96 Å². The lowest BCUT2D eigenvalue weighted by Crippen LogP contribution is -2.53. The number of piperazine rings is 1. The molecule has 0 spiro atoms. The lowest BCUT2D eigenvalue weighted by molar-refractivity contribution is 0.107. The number of aliphatic imine (C=N–C) groups is 1. The topological polar surface area (TPSA) is 46.1 Å². The van der Waals surface area contributed by atoms with Gasteiger partial charge in [-0.25, -0.2) is 0 Å². The molecule has 2 fully saturated rings. The number of likely N-dealkylation sites (N-methyl/N-ethyl adjacent to an activating group) is 1. The molecule has 0 aromatic rings. The molecule has 0 aromatic heterocycles. The first kappa shape index (κ1) is 21.5. The van der Waals surface area contributed by atoms with Gasteiger partial charge < -0.3 is 20.4 Å². The van der Waals surface area contributed by atoms with Crippen LogP contribution in [0.25, 0.3) is 0 Å². The van der Waals surface area contributed by atoms with Crippen LogP contribution in [0.1, 0.15) is 40.0 Å². The molecule has 0 radical (unpaired) electrons. The highest BCUT2D eigenvalue weighted by molar-refractivity contribution is 5.79. The zero-order valence-corrected chi connectivity index (χ0v) is 17.6. The standard InChI is InChI=1S/C20H42N6/c1-5-24-13-15-26(16-14-24)19(3)17-23-20(21-4)22-9-6-10-25-11-7-18(2)8-12-25/h18-19H,5-17H2,1-4H3,(H2,21,22,23). The van der Waals surface area contributed by atoms with E-state index in [2.05, 4.69) is 51.1 Å². The molecule has 2 saturated heterocycles. The number of nitrogens with zero attached hydrogens (tertiary/aromatic N) is 4. The van der Waals surface area contributed by atoms with Gasteiger partial charge in [0.2, 0.25) is 0 Å². The summed E-state index contributed by atoms with van der Waals surface area (Å²) in [5.41, 5.74) is 0. The summed E-state index contributed by atoms with van der Waals surface area (Å²) in [7, 11) is 1.87. The van der Waals surface area contributed by atoms with E-state index in [1.807, 2.05) is 7.05 Å². The van der Waals surface area contributed by atoms with Crippen LogP contribution in [0.15, 0.2) is 4.99 Å². The number of likely N-dealkylation sites (tertiary alicyclic amines) is 1. The molecule has 0 bridgehead atoms. The first-order valence-electron chi connectivity index (χ1n) is 10.8. The highest BCUT2D eigenvalue weighted by atomic mass is 15.3. The Hall–Kier alpha value is -0.850. The summed E-state index contributed by atoms with van der Waals surface area (Å²) in [6, 6.07) is 0.544. The first-order valence-corrected chi connectivity index (χ1v) is 10.8.